The summed E-state index contributed by atoms with van der Waals surface area (Å²) in [5, 5.41) is 3.39. The SMILES string of the molecule is Cc1ncsc1CCNCCOCCC(C)C. The molecule has 1 heterocycles. The minimum Gasteiger partial charge on any atom is -0.380 e. The summed E-state index contributed by atoms with van der Waals surface area (Å²) in [6.07, 6.45) is 2.22. The van der Waals surface area contributed by atoms with Gasteiger partial charge in [0.2, 0.25) is 0 Å². The normalized spacial score (nSPS) is 11.3. The van der Waals surface area contributed by atoms with Gasteiger partial charge in [0.05, 0.1) is 17.8 Å². The van der Waals surface area contributed by atoms with Gasteiger partial charge in [-0.3, -0.25) is 0 Å². The predicted octanol–water partition coefficient (Wildman–Crippen LogP) is 2.65. The van der Waals surface area contributed by atoms with Gasteiger partial charge in [0, 0.05) is 24.6 Å². The molecule has 1 aromatic rings. The second-order valence-electron chi connectivity index (χ2n) is 4.66. The van der Waals surface area contributed by atoms with Crippen molar-refractivity contribution < 1.29 is 4.74 Å². The summed E-state index contributed by atoms with van der Waals surface area (Å²) in [5.74, 6) is 0.734. The topological polar surface area (TPSA) is 34.2 Å². The number of hydrogen-bond donors (Lipinski definition) is 1. The van der Waals surface area contributed by atoms with Gasteiger partial charge in [0.15, 0.2) is 0 Å². The Kier molecular flexibility index (Phi) is 7.40. The maximum absolute atomic E-state index is 5.53. The molecule has 3 nitrogen and oxygen atoms in total. The molecule has 17 heavy (non-hydrogen) atoms. The Morgan fingerprint density at radius 1 is 1.35 bits per heavy atom. The fourth-order valence-corrected chi connectivity index (χ4v) is 2.24. The Morgan fingerprint density at radius 3 is 2.82 bits per heavy atom. The molecule has 0 unspecified atom stereocenters. The molecule has 0 bridgehead atoms. The fraction of sp³-hybridized carbons (Fsp3) is 0.769. The van der Waals surface area contributed by atoms with E-state index in [9.17, 15) is 0 Å². The highest BCUT2D eigenvalue weighted by molar-refractivity contribution is 7.09. The standard InChI is InChI=1S/C13H24N2OS/c1-11(2)5-8-16-9-7-14-6-4-13-12(3)15-10-17-13/h10-11,14H,4-9H2,1-3H3. The first-order valence-electron chi connectivity index (χ1n) is 6.37. The zero-order valence-corrected chi connectivity index (χ0v) is 12.0. The van der Waals surface area contributed by atoms with Crippen molar-refractivity contribution in [2.24, 2.45) is 5.92 Å². The van der Waals surface area contributed by atoms with E-state index in [1.807, 2.05) is 5.51 Å². The first kappa shape index (κ1) is 14.6. The van der Waals surface area contributed by atoms with Crippen molar-refractivity contribution in [1.82, 2.24) is 10.3 Å². The molecule has 0 fully saturated rings. The van der Waals surface area contributed by atoms with Crippen molar-refractivity contribution in [3.63, 3.8) is 0 Å². The van der Waals surface area contributed by atoms with Crippen LogP contribution in [0.1, 0.15) is 30.8 Å². The lowest BCUT2D eigenvalue weighted by atomic mass is 10.1. The van der Waals surface area contributed by atoms with Crippen molar-refractivity contribution >= 4 is 11.3 Å². The number of hydrogen-bond acceptors (Lipinski definition) is 4. The molecule has 0 aliphatic heterocycles. The third-order valence-corrected chi connectivity index (χ3v) is 3.63. The van der Waals surface area contributed by atoms with Crippen molar-refractivity contribution in [3.8, 4) is 0 Å². The molecular weight excluding hydrogens is 232 g/mol. The third kappa shape index (κ3) is 6.76. The third-order valence-electron chi connectivity index (χ3n) is 2.64. The van der Waals surface area contributed by atoms with Gasteiger partial charge in [0.25, 0.3) is 0 Å². The molecule has 0 saturated carbocycles. The highest BCUT2D eigenvalue weighted by Gasteiger charge is 2.00. The monoisotopic (exact) mass is 256 g/mol. The Morgan fingerprint density at radius 2 is 2.18 bits per heavy atom. The number of aryl methyl sites for hydroxylation is 1. The van der Waals surface area contributed by atoms with Crippen LogP contribution in [0.5, 0.6) is 0 Å². The summed E-state index contributed by atoms with van der Waals surface area (Å²) in [5.41, 5.74) is 3.09. The first-order valence-corrected chi connectivity index (χ1v) is 7.25. The van der Waals surface area contributed by atoms with Crippen molar-refractivity contribution in [2.75, 3.05) is 26.3 Å². The van der Waals surface area contributed by atoms with Gasteiger partial charge in [-0.05, 0) is 25.7 Å². The van der Waals surface area contributed by atoms with Gasteiger partial charge >= 0.3 is 0 Å². The van der Waals surface area contributed by atoms with E-state index >= 15 is 0 Å². The summed E-state index contributed by atoms with van der Waals surface area (Å²) in [6.45, 7) is 10.2. The summed E-state index contributed by atoms with van der Waals surface area (Å²) in [4.78, 5) is 5.63. The molecule has 0 aromatic carbocycles. The largest absolute Gasteiger partial charge is 0.380 e. The van der Waals surface area contributed by atoms with E-state index in [4.69, 9.17) is 4.74 Å². The summed E-state index contributed by atoms with van der Waals surface area (Å²) in [6, 6.07) is 0. The summed E-state index contributed by atoms with van der Waals surface area (Å²) >= 11 is 1.74. The molecule has 0 amide bonds. The van der Waals surface area contributed by atoms with E-state index < -0.39 is 0 Å². The van der Waals surface area contributed by atoms with Gasteiger partial charge < -0.3 is 10.1 Å². The Labute approximate surface area is 109 Å². The Hall–Kier alpha value is -0.450. The maximum atomic E-state index is 5.53. The van der Waals surface area contributed by atoms with E-state index in [2.05, 4.69) is 31.1 Å². The van der Waals surface area contributed by atoms with Crippen LogP contribution in [0.25, 0.3) is 0 Å². The smallest absolute Gasteiger partial charge is 0.0797 e. The van der Waals surface area contributed by atoms with Gasteiger partial charge in [-0.25, -0.2) is 4.98 Å². The van der Waals surface area contributed by atoms with Gasteiger partial charge in [-0.1, -0.05) is 13.8 Å². The molecule has 4 heteroatoms. The fourth-order valence-electron chi connectivity index (χ4n) is 1.46. The molecular formula is C13H24N2OS. The van der Waals surface area contributed by atoms with Crippen LogP contribution < -0.4 is 5.32 Å². The van der Waals surface area contributed by atoms with Crippen LogP contribution in [0.3, 0.4) is 0 Å². The van der Waals surface area contributed by atoms with Crippen LogP contribution in [0.15, 0.2) is 5.51 Å². The first-order chi connectivity index (χ1) is 8.20. The molecule has 1 aromatic heterocycles. The van der Waals surface area contributed by atoms with E-state index in [-0.39, 0.29) is 0 Å². The molecule has 0 atom stereocenters. The van der Waals surface area contributed by atoms with Crippen molar-refractivity contribution in [1.29, 1.82) is 0 Å². The van der Waals surface area contributed by atoms with E-state index in [1.54, 1.807) is 11.3 Å². The molecule has 0 radical (unpaired) electrons. The number of ether oxygens (including phenoxy) is 1. The second kappa shape index (κ2) is 8.61. The van der Waals surface area contributed by atoms with Gasteiger partial charge in [-0.2, -0.15) is 0 Å². The number of aromatic nitrogens is 1. The van der Waals surface area contributed by atoms with Gasteiger partial charge in [0.1, 0.15) is 0 Å². The van der Waals surface area contributed by atoms with Gasteiger partial charge in [-0.15, -0.1) is 11.3 Å². The number of nitrogens with zero attached hydrogens (tertiary/aromatic N) is 1. The van der Waals surface area contributed by atoms with Crippen LogP contribution in [-0.4, -0.2) is 31.3 Å². The van der Waals surface area contributed by atoms with Crippen LogP contribution in [0, 0.1) is 12.8 Å². The average Bonchev–Trinajstić information content (AvgIpc) is 2.68. The van der Waals surface area contributed by atoms with Crippen LogP contribution in [0.4, 0.5) is 0 Å². The van der Waals surface area contributed by atoms with Crippen LogP contribution in [-0.2, 0) is 11.2 Å². The molecule has 0 saturated heterocycles. The zero-order chi connectivity index (χ0) is 12.5. The number of nitrogens with one attached hydrogen (secondary N) is 1. The highest BCUT2D eigenvalue weighted by Crippen LogP contribution is 2.11. The lowest BCUT2D eigenvalue weighted by molar-refractivity contribution is 0.125. The van der Waals surface area contributed by atoms with Crippen LogP contribution >= 0.6 is 11.3 Å². The molecule has 0 aliphatic carbocycles. The Bertz CT molecular complexity index is 299. The van der Waals surface area contributed by atoms with E-state index in [0.717, 1.165) is 45.1 Å². The molecule has 0 spiro atoms. The molecule has 1 N–H and O–H groups in total. The summed E-state index contributed by atoms with van der Waals surface area (Å²) < 4.78 is 5.53. The van der Waals surface area contributed by atoms with Crippen molar-refractivity contribution in [2.45, 2.75) is 33.6 Å². The zero-order valence-electron chi connectivity index (χ0n) is 11.2. The second-order valence-corrected chi connectivity index (χ2v) is 5.60. The number of thiazole rings is 1. The minimum absolute atomic E-state index is 0.734. The molecule has 98 valence electrons. The minimum atomic E-state index is 0.734. The lowest BCUT2D eigenvalue weighted by Crippen LogP contribution is -2.22. The molecule has 0 aliphatic rings. The quantitative estimate of drug-likeness (QED) is 0.690. The van der Waals surface area contributed by atoms with Crippen molar-refractivity contribution in [3.05, 3.63) is 16.1 Å². The van der Waals surface area contributed by atoms with E-state index in [0.29, 0.717) is 0 Å². The van der Waals surface area contributed by atoms with Crippen LogP contribution in [0.2, 0.25) is 0 Å². The lowest BCUT2D eigenvalue weighted by Gasteiger charge is -2.07. The molecule has 1 rings (SSSR count). The maximum Gasteiger partial charge on any atom is 0.0797 e. The Balaban J connectivity index is 1.90. The van der Waals surface area contributed by atoms with E-state index in [1.165, 1.54) is 10.6 Å². The average molecular weight is 256 g/mol. The summed E-state index contributed by atoms with van der Waals surface area (Å²) in [7, 11) is 0. The number of rotatable bonds is 9. The predicted molar refractivity (Wildman–Crippen MR) is 73.7 cm³/mol. The highest BCUT2D eigenvalue weighted by atomic mass is 32.1.